The van der Waals surface area contributed by atoms with Gasteiger partial charge in [0, 0.05) is 11.3 Å². The van der Waals surface area contributed by atoms with E-state index in [-0.39, 0.29) is 22.7 Å². The standard InChI is InChI=1S/C24H17Cl2N3O3S2/c1-3-13-29-21-19(25)11-12-20(26)22(21)33-24(29)27-23(30)16-5-4-6-17(14-16)28-34(31,32)18-9-7-15(2)8-10-18/h1,4-12,14,28H,13H2,2H3. The van der Waals surface area contributed by atoms with Crippen LogP contribution < -0.4 is 9.52 Å². The summed E-state index contributed by atoms with van der Waals surface area (Å²) in [5.41, 5.74) is 1.98. The van der Waals surface area contributed by atoms with Crippen LogP contribution in [0.5, 0.6) is 0 Å². The highest BCUT2D eigenvalue weighted by molar-refractivity contribution is 7.92. The number of aryl methyl sites for hydroxylation is 1. The number of thiazole rings is 1. The van der Waals surface area contributed by atoms with Gasteiger partial charge in [-0.1, -0.05) is 64.2 Å². The number of hydrogen-bond donors (Lipinski definition) is 1. The first kappa shape index (κ1) is 24.0. The van der Waals surface area contributed by atoms with Crippen molar-refractivity contribution in [1.29, 1.82) is 0 Å². The molecule has 0 radical (unpaired) electrons. The van der Waals surface area contributed by atoms with Crippen molar-refractivity contribution in [2.45, 2.75) is 18.4 Å². The Bertz CT molecular complexity index is 1630. The summed E-state index contributed by atoms with van der Waals surface area (Å²) in [5, 5.41) is 0.906. The molecule has 0 fully saturated rings. The van der Waals surface area contributed by atoms with Gasteiger partial charge in [0.15, 0.2) is 4.80 Å². The number of fused-ring (bicyclic) bond motifs is 1. The van der Waals surface area contributed by atoms with Gasteiger partial charge in [0.2, 0.25) is 0 Å². The van der Waals surface area contributed by atoms with E-state index in [2.05, 4.69) is 15.6 Å². The molecule has 1 heterocycles. The fourth-order valence-corrected chi connectivity index (χ4v) is 5.93. The minimum Gasteiger partial charge on any atom is -0.303 e. The third-order valence-electron chi connectivity index (χ3n) is 4.87. The maximum atomic E-state index is 13.0. The quantitative estimate of drug-likeness (QED) is 0.347. The lowest BCUT2D eigenvalue weighted by molar-refractivity contribution is 0.0998. The zero-order valence-corrected chi connectivity index (χ0v) is 20.9. The molecule has 1 amide bonds. The Balaban J connectivity index is 1.71. The third-order valence-corrected chi connectivity index (χ3v) is 8.11. The number of benzene rings is 3. The number of terminal acetylenes is 1. The van der Waals surface area contributed by atoms with Gasteiger partial charge in [-0.05, 0) is 49.4 Å². The number of sulfonamides is 1. The van der Waals surface area contributed by atoms with Crippen LogP contribution in [-0.2, 0) is 16.6 Å². The average Bonchev–Trinajstić information content (AvgIpc) is 3.16. The summed E-state index contributed by atoms with van der Waals surface area (Å²) >= 11 is 13.8. The molecule has 1 N–H and O–H groups in total. The van der Waals surface area contributed by atoms with Crippen molar-refractivity contribution in [2.24, 2.45) is 4.99 Å². The second kappa shape index (κ2) is 9.65. The van der Waals surface area contributed by atoms with Crippen LogP contribution >= 0.6 is 34.5 Å². The topological polar surface area (TPSA) is 80.5 Å². The Morgan fingerprint density at radius 2 is 1.82 bits per heavy atom. The van der Waals surface area contributed by atoms with Gasteiger partial charge >= 0.3 is 0 Å². The van der Waals surface area contributed by atoms with Crippen LogP contribution in [-0.4, -0.2) is 18.9 Å². The van der Waals surface area contributed by atoms with Crippen molar-refractivity contribution < 1.29 is 13.2 Å². The molecule has 34 heavy (non-hydrogen) atoms. The molecule has 172 valence electrons. The summed E-state index contributed by atoms with van der Waals surface area (Å²) in [6.45, 7) is 2.01. The molecule has 0 aliphatic carbocycles. The number of nitrogens with zero attached hydrogens (tertiary/aromatic N) is 2. The number of aromatic nitrogens is 1. The van der Waals surface area contributed by atoms with Gasteiger partial charge < -0.3 is 4.57 Å². The molecule has 0 atom stereocenters. The zero-order valence-electron chi connectivity index (χ0n) is 17.7. The molecule has 3 aromatic carbocycles. The van der Waals surface area contributed by atoms with E-state index in [1.165, 1.54) is 29.5 Å². The maximum Gasteiger partial charge on any atom is 0.279 e. The maximum absolute atomic E-state index is 13.0. The van der Waals surface area contributed by atoms with Crippen molar-refractivity contribution >= 4 is 66.4 Å². The lowest BCUT2D eigenvalue weighted by Crippen LogP contribution is -2.17. The number of carbonyl (C=O) groups excluding carboxylic acids is 1. The fraction of sp³-hybridized carbons (Fsp3) is 0.0833. The van der Waals surface area contributed by atoms with Gasteiger partial charge in [-0.3, -0.25) is 9.52 Å². The number of hydrogen-bond acceptors (Lipinski definition) is 4. The summed E-state index contributed by atoms with van der Waals surface area (Å²) in [4.78, 5) is 17.7. The summed E-state index contributed by atoms with van der Waals surface area (Å²) in [6.07, 6.45) is 5.51. The molecule has 0 aliphatic rings. The van der Waals surface area contributed by atoms with Crippen LogP contribution in [0.1, 0.15) is 15.9 Å². The Hall–Kier alpha value is -3.09. The number of halogens is 2. The Kier molecular flexibility index (Phi) is 6.82. The number of anilines is 1. The Morgan fingerprint density at radius 3 is 2.53 bits per heavy atom. The van der Waals surface area contributed by atoms with Crippen LogP contribution in [0.25, 0.3) is 10.2 Å². The van der Waals surface area contributed by atoms with Crippen molar-refractivity contribution in [1.82, 2.24) is 4.57 Å². The Labute approximate surface area is 210 Å². The average molecular weight is 530 g/mol. The molecule has 4 rings (SSSR count). The second-order valence-electron chi connectivity index (χ2n) is 7.30. The van der Waals surface area contributed by atoms with Crippen molar-refractivity contribution in [3.63, 3.8) is 0 Å². The van der Waals surface area contributed by atoms with Gasteiger partial charge in [0.1, 0.15) is 0 Å². The molecule has 6 nitrogen and oxygen atoms in total. The number of nitrogens with one attached hydrogen (secondary N) is 1. The van der Waals surface area contributed by atoms with Crippen LogP contribution in [0.15, 0.2) is 70.6 Å². The van der Waals surface area contributed by atoms with Gasteiger partial charge in [-0.2, -0.15) is 4.99 Å². The van der Waals surface area contributed by atoms with Crippen LogP contribution in [0.4, 0.5) is 5.69 Å². The monoisotopic (exact) mass is 529 g/mol. The molecule has 0 saturated carbocycles. The predicted molar refractivity (Wildman–Crippen MR) is 137 cm³/mol. The lowest BCUT2D eigenvalue weighted by Gasteiger charge is -2.09. The summed E-state index contributed by atoms with van der Waals surface area (Å²) in [7, 11) is -3.82. The van der Waals surface area contributed by atoms with E-state index >= 15 is 0 Å². The minimum atomic E-state index is -3.82. The van der Waals surface area contributed by atoms with Crippen molar-refractivity contribution in [3.8, 4) is 12.3 Å². The molecule has 0 bridgehead atoms. The lowest BCUT2D eigenvalue weighted by atomic mass is 10.2. The smallest absolute Gasteiger partial charge is 0.279 e. The molecule has 1 aromatic heterocycles. The highest BCUT2D eigenvalue weighted by Gasteiger charge is 2.16. The van der Waals surface area contributed by atoms with Gasteiger partial charge in [-0.15, -0.1) is 6.42 Å². The minimum absolute atomic E-state index is 0.119. The highest BCUT2D eigenvalue weighted by atomic mass is 35.5. The highest BCUT2D eigenvalue weighted by Crippen LogP contribution is 2.32. The number of amides is 1. The Morgan fingerprint density at radius 1 is 1.12 bits per heavy atom. The van der Waals surface area contributed by atoms with Gasteiger partial charge in [0.25, 0.3) is 15.9 Å². The van der Waals surface area contributed by atoms with Crippen LogP contribution in [0.3, 0.4) is 0 Å². The van der Waals surface area contributed by atoms with E-state index < -0.39 is 15.9 Å². The molecule has 10 heteroatoms. The zero-order chi connectivity index (χ0) is 24.5. The molecule has 4 aromatic rings. The van der Waals surface area contributed by atoms with E-state index in [1.54, 1.807) is 47.0 Å². The van der Waals surface area contributed by atoms with Crippen molar-refractivity contribution in [2.75, 3.05) is 4.72 Å². The largest absolute Gasteiger partial charge is 0.303 e. The molecular weight excluding hydrogens is 513 g/mol. The summed E-state index contributed by atoms with van der Waals surface area (Å²) in [5.74, 6) is 1.97. The summed E-state index contributed by atoms with van der Waals surface area (Å²) in [6, 6.07) is 15.9. The third kappa shape index (κ3) is 4.88. The first-order chi connectivity index (χ1) is 16.2. The van der Waals surface area contributed by atoms with Gasteiger partial charge in [-0.25, -0.2) is 8.42 Å². The second-order valence-corrected chi connectivity index (χ2v) is 10.8. The van der Waals surface area contributed by atoms with E-state index in [9.17, 15) is 13.2 Å². The van der Waals surface area contributed by atoms with E-state index in [0.29, 0.717) is 25.1 Å². The number of rotatable bonds is 5. The molecule has 0 saturated heterocycles. The van der Waals surface area contributed by atoms with E-state index in [1.807, 2.05) is 6.92 Å². The summed E-state index contributed by atoms with van der Waals surface area (Å²) < 4.78 is 30.2. The van der Waals surface area contributed by atoms with E-state index in [0.717, 1.165) is 5.56 Å². The number of carbonyl (C=O) groups is 1. The molecule has 0 aliphatic heterocycles. The first-order valence-corrected chi connectivity index (χ1v) is 12.9. The molecular formula is C24H17Cl2N3O3S2. The normalized spacial score (nSPS) is 12.0. The van der Waals surface area contributed by atoms with Crippen LogP contribution in [0, 0.1) is 19.3 Å². The molecule has 0 spiro atoms. The fourth-order valence-electron chi connectivity index (χ4n) is 3.23. The first-order valence-electron chi connectivity index (χ1n) is 9.89. The SMILES string of the molecule is C#CCn1c(=NC(=O)c2cccc(NS(=O)(=O)c3ccc(C)cc3)c2)sc2c(Cl)ccc(Cl)c21. The predicted octanol–water partition coefficient (Wildman–Crippen LogP) is 5.49. The van der Waals surface area contributed by atoms with E-state index in [4.69, 9.17) is 29.6 Å². The van der Waals surface area contributed by atoms with Crippen molar-refractivity contribution in [3.05, 3.63) is 86.6 Å². The van der Waals surface area contributed by atoms with Crippen LogP contribution in [0.2, 0.25) is 10.0 Å². The van der Waals surface area contributed by atoms with Gasteiger partial charge in [0.05, 0.1) is 31.7 Å². The molecule has 0 unspecified atom stereocenters.